The molecule has 0 amide bonds. The molecule has 0 fully saturated rings. The van der Waals surface area contributed by atoms with Crippen LogP contribution in [0.25, 0.3) is 22.1 Å². The molecule has 0 aliphatic rings. The van der Waals surface area contributed by atoms with Gasteiger partial charge in [-0.25, -0.2) is 4.39 Å². The summed E-state index contributed by atoms with van der Waals surface area (Å²) in [4.78, 5) is 12.8. The highest BCUT2D eigenvalue weighted by molar-refractivity contribution is 6.30. The largest absolute Gasteiger partial charge is 0.489 e. The molecule has 0 saturated heterocycles. The number of benzene rings is 3. The van der Waals surface area contributed by atoms with E-state index in [1.54, 1.807) is 54.6 Å². The van der Waals surface area contributed by atoms with Crippen molar-refractivity contribution >= 4 is 22.6 Å². The lowest BCUT2D eigenvalue weighted by molar-refractivity contribution is 0.306. The van der Waals surface area contributed by atoms with Crippen LogP contribution in [0.3, 0.4) is 0 Å². The third kappa shape index (κ3) is 3.71. The summed E-state index contributed by atoms with van der Waals surface area (Å²) < 4.78 is 24.3. The van der Waals surface area contributed by atoms with Crippen LogP contribution >= 0.6 is 11.6 Å². The van der Waals surface area contributed by atoms with Gasteiger partial charge >= 0.3 is 0 Å². The van der Waals surface area contributed by atoms with Crippen LogP contribution in [0.4, 0.5) is 4.39 Å². The summed E-state index contributed by atoms with van der Waals surface area (Å²) in [6.07, 6.45) is 1.44. The van der Waals surface area contributed by atoms with Gasteiger partial charge in [0.2, 0.25) is 0 Å². The first-order valence-electron chi connectivity index (χ1n) is 8.29. The lowest BCUT2D eigenvalue weighted by Crippen LogP contribution is -2.05. The molecule has 4 aromatic rings. The fourth-order valence-electron chi connectivity index (χ4n) is 2.77. The Labute approximate surface area is 159 Å². The molecule has 0 radical (unpaired) electrons. The van der Waals surface area contributed by atoms with Crippen LogP contribution in [-0.2, 0) is 6.61 Å². The molecule has 0 unspecified atom stereocenters. The van der Waals surface area contributed by atoms with Crippen LogP contribution in [-0.4, -0.2) is 0 Å². The zero-order valence-electron chi connectivity index (χ0n) is 14.1. The Bertz CT molecular complexity index is 1150. The molecule has 0 saturated carbocycles. The average molecular weight is 381 g/mol. The van der Waals surface area contributed by atoms with E-state index in [0.717, 1.165) is 11.1 Å². The first kappa shape index (κ1) is 17.3. The number of rotatable bonds is 4. The van der Waals surface area contributed by atoms with Gasteiger partial charge in [0.15, 0.2) is 5.43 Å². The molecular weight excluding hydrogens is 367 g/mol. The lowest BCUT2D eigenvalue weighted by Gasteiger charge is -2.08. The predicted octanol–water partition coefficient (Wildman–Crippen LogP) is 5.83. The van der Waals surface area contributed by atoms with Crippen molar-refractivity contribution in [2.45, 2.75) is 6.61 Å². The quantitative estimate of drug-likeness (QED) is 0.447. The Kier molecular flexibility index (Phi) is 4.65. The van der Waals surface area contributed by atoms with Crippen molar-refractivity contribution in [2.24, 2.45) is 0 Å². The highest BCUT2D eigenvalue weighted by atomic mass is 35.5. The number of halogens is 2. The molecule has 0 aliphatic heterocycles. The molecule has 0 atom stereocenters. The van der Waals surface area contributed by atoms with Crippen LogP contribution in [0, 0.1) is 5.82 Å². The van der Waals surface area contributed by atoms with Gasteiger partial charge in [-0.15, -0.1) is 0 Å². The van der Waals surface area contributed by atoms with Crippen molar-refractivity contribution in [2.75, 3.05) is 0 Å². The van der Waals surface area contributed by atoms with E-state index in [9.17, 15) is 9.18 Å². The lowest BCUT2D eigenvalue weighted by atomic mass is 10.1. The normalized spacial score (nSPS) is 10.9. The average Bonchev–Trinajstić information content (AvgIpc) is 2.69. The maximum Gasteiger partial charge on any atom is 0.200 e. The fraction of sp³-hybridized carbons (Fsp3) is 0.0455. The van der Waals surface area contributed by atoms with E-state index >= 15 is 0 Å². The van der Waals surface area contributed by atoms with Gasteiger partial charge in [-0.05, 0) is 47.5 Å². The van der Waals surface area contributed by atoms with Gasteiger partial charge in [0.1, 0.15) is 30.0 Å². The summed E-state index contributed by atoms with van der Waals surface area (Å²) in [5.41, 5.74) is 2.37. The predicted molar refractivity (Wildman–Crippen MR) is 104 cm³/mol. The van der Waals surface area contributed by atoms with Crippen molar-refractivity contribution < 1.29 is 13.5 Å². The van der Waals surface area contributed by atoms with Gasteiger partial charge < -0.3 is 9.15 Å². The van der Waals surface area contributed by atoms with E-state index in [1.165, 1.54) is 18.4 Å². The van der Waals surface area contributed by atoms with E-state index in [1.807, 2.05) is 0 Å². The zero-order chi connectivity index (χ0) is 18.8. The molecule has 0 aliphatic carbocycles. The molecule has 0 bridgehead atoms. The Morgan fingerprint density at radius 1 is 0.963 bits per heavy atom. The third-order valence-corrected chi connectivity index (χ3v) is 4.47. The van der Waals surface area contributed by atoms with E-state index in [-0.39, 0.29) is 11.2 Å². The number of hydrogen-bond acceptors (Lipinski definition) is 3. The van der Waals surface area contributed by atoms with Gasteiger partial charge in [-0.2, -0.15) is 0 Å². The first-order valence-corrected chi connectivity index (χ1v) is 8.67. The summed E-state index contributed by atoms with van der Waals surface area (Å²) in [5, 5.41) is 1.07. The molecule has 27 heavy (non-hydrogen) atoms. The van der Waals surface area contributed by atoms with E-state index < -0.39 is 0 Å². The number of fused-ring (bicyclic) bond motifs is 1. The number of hydrogen-bond donors (Lipinski definition) is 0. The van der Waals surface area contributed by atoms with Gasteiger partial charge in [-0.3, -0.25) is 4.79 Å². The minimum Gasteiger partial charge on any atom is -0.489 e. The molecule has 0 N–H and O–H groups in total. The Morgan fingerprint density at radius 2 is 1.70 bits per heavy atom. The zero-order valence-corrected chi connectivity index (χ0v) is 14.9. The summed E-state index contributed by atoms with van der Waals surface area (Å²) in [5.74, 6) is 0.275. The SMILES string of the molecule is O=c1c(-c2ccc(Cl)cc2)coc2cc(OCc3ccc(F)cc3)ccc12. The maximum atomic E-state index is 12.9. The topological polar surface area (TPSA) is 39.4 Å². The summed E-state index contributed by atoms with van der Waals surface area (Å²) in [7, 11) is 0. The third-order valence-electron chi connectivity index (χ3n) is 4.22. The molecule has 1 aromatic heterocycles. The van der Waals surface area contributed by atoms with Crippen molar-refractivity contribution in [1.82, 2.24) is 0 Å². The van der Waals surface area contributed by atoms with E-state index in [0.29, 0.717) is 33.9 Å². The van der Waals surface area contributed by atoms with Crippen molar-refractivity contribution in [3.05, 3.63) is 99.6 Å². The monoisotopic (exact) mass is 380 g/mol. The van der Waals surface area contributed by atoms with Gasteiger partial charge in [0, 0.05) is 11.1 Å². The van der Waals surface area contributed by atoms with Crippen LogP contribution in [0.5, 0.6) is 5.75 Å². The highest BCUT2D eigenvalue weighted by Crippen LogP contribution is 2.24. The first-order chi connectivity index (χ1) is 13.1. The Hall–Kier alpha value is -3.11. The van der Waals surface area contributed by atoms with Crippen molar-refractivity contribution in [3.63, 3.8) is 0 Å². The molecule has 0 spiro atoms. The molecule has 134 valence electrons. The molecule has 1 heterocycles. The van der Waals surface area contributed by atoms with Crippen LogP contribution in [0.15, 0.2) is 82.2 Å². The molecule has 3 aromatic carbocycles. The highest BCUT2D eigenvalue weighted by Gasteiger charge is 2.10. The van der Waals surface area contributed by atoms with Gasteiger partial charge in [0.05, 0.1) is 10.9 Å². The second-order valence-electron chi connectivity index (χ2n) is 6.06. The van der Waals surface area contributed by atoms with Crippen LogP contribution < -0.4 is 10.2 Å². The smallest absolute Gasteiger partial charge is 0.200 e. The summed E-state index contributed by atoms with van der Waals surface area (Å²) in [6.45, 7) is 0.291. The summed E-state index contributed by atoms with van der Waals surface area (Å²) >= 11 is 5.90. The standard InChI is InChI=1S/C22H14ClFO3/c23-16-5-3-15(4-6-16)20-13-27-21-11-18(9-10-19(21)22(20)25)26-12-14-1-7-17(24)8-2-14/h1-11,13H,12H2. The molecular formula is C22H14ClFO3. The van der Waals surface area contributed by atoms with Gasteiger partial charge in [-0.1, -0.05) is 35.9 Å². The molecule has 4 rings (SSSR count). The summed E-state index contributed by atoms with van der Waals surface area (Å²) in [6, 6.07) is 18.2. The number of ether oxygens (including phenoxy) is 1. The minimum atomic E-state index is -0.289. The minimum absolute atomic E-state index is 0.122. The van der Waals surface area contributed by atoms with Crippen LogP contribution in [0.2, 0.25) is 5.02 Å². The van der Waals surface area contributed by atoms with E-state index in [2.05, 4.69) is 0 Å². The molecule has 5 heteroatoms. The maximum absolute atomic E-state index is 12.9. The second-order valence-corrected chi connectivity index (χ2v) is 6.49. The van der Waals surface area contributed by atoms with Gasteiger partial charge in [0.25, 0.3) is 0 Å². The van der Waals surface area contributed by atoms with Crippen molar-refractivity contribution in [3.8, 4) is 16.9 Å². The fourth-order valence-corrected chi connectivity index (χ4v) is 2.90. The van der Waals surface area contributed by atoms with Crippen molar-refractivity contribution in [1.29, 1.82) is 0 Å². The Morgan fingerprint density at radius 3 is 2.44 bits per heavy atom. The van der Waals surface area contributed by atoms with Crippen LogP contribution in [0.1, 0.15) is 5.56 Å². The molecule has 3 nitrogen and oxygen atoms in total. The van der Waals surface area contributed by atoms with E-state index in [4.69, 9.17) is 20.8 Å². The second kappa shape index (κ2) is 7.25. The Balaban J connectivity index is 1.61.